The third-order valence-electron chi connectivity index (χ3n) is 10.8. The highest BCUT2D eigenvalue weighted by Gasteiger charge is 2.16. The van der Waals surface area contributed by atoms with Crippen LogP contribution in [0.5, 0.6) is 0 Å². The first-order valence-electron chi connectivity index (χ1n) is 18.8. The van der Waals surface area contributed by atoms with Crippen molar-refractivity contribution in [3.05, 3.63) is 212 Å². The van der Waals surface area contributed by atoms with Crippen LogP contribution in [0.4, 0.5) is 17.1 Å². The van der Waals surface area contributed by atoms with Gasteiger partial charge in [0.1, 0.15) is 11.2 Å². The van der Waals surface area contributed by atoms with Gasteiger partial charge in [-0.1, -0.05) is 169 Å². The van der Waals surface area contributed by atoms with Crippen molar-refractivity contribution in [3.8, 4) is 44.5 Å². The summed E-state index contributed by atoms with van der Waals surface area (Å²) >= 11 is 0. The summed E-state index contributed by atoms with van der Waals surface area (Å²) in [5.41, 5.74) is 15.8. The number of nitrogens with zero attached hydrogens (tertiary/aromatic N) is 1. The van der Waals surface area contributed by atoms with Crippen LogP contribution in [-0.2, 0) is 0 Å². The second-order valence-electron chi connectivity index (χ2n) is 14.2. The molecule has 1 heterocycles. The molecule has 0 bridgehead atoms. The molecule has 0 fully saturated rings. The molecular weight excluding hydrogens is 667 g/mol. The summed E-state index contributed by atoms with van der Waals surface area (Å²) in [5, 5.41) is 4.83. The maximum absolute atomic E-state index is 6.39. The Kier molecular flexibility index (Phi) is 8.08. The quantitative estimate of drug-likeness (QED) is 0.164. The molecule has 9 aromatic carbocycles. The molecule has 0 aliphatic heterocycles. The van der Waals surface area contributed by atoms with Crippen LogP contribution in [0.1, 0.15) is 5.56 Å². The van der Waals surface area contributed by atoms with E-state index in [1.165, 1.54) is 49.7 Å². The topological polar surface area (TPSA) is 16.4 Å². The molecule has 0 N–H and O–H groups in total. The lowest BCUT2D eigenvalue weighted by molar-refractivity contribution is 0.670. The molecule has 0 unspecified atom stereocenters. The zero-order valence-electron chi connectivity index (χ0n) is 30.5. The van der Waals surface area contributed by atoms with Gasteiger partial charge in [0.2, 0.25) is 0 Å². The van der Waals surface area contributed by atoms with E-state index in [0.717, 1.165) is 50.1 Å². The molecule has 0 saturated heterocycles. The molecule has 0 saturated carbocycles. The summed E-state index contributed by atoms with van der Waals surface area (Å²) in [4.78, 5) is 2.33. The predicted octanol–water partition coefficient (Wildman–Crippen LogP) is 15.2. The van der Waals surface area contributed by atoms with E-state index in [0.29, 0.717) is 0 Å². The van der Waals surface area contributed by atoms with E-state index >= 15 is 0 Å². The van der Waals surface area contributed by atoms with Crippen LogP contribution in [0.3, 0.4) is 0 Å². The van der Waals surface area contributed by atoms with Crippen LogP contribution >= 0.6 is 0 Å². The fourth-order valence-corrected chi connectivity index (χ4v) is 7.93. The van der Waals surface area contributed by atoms with Gasteiger partial charge in [-0.15, -0.1) is 0 Å². The van der Waals surface area contributed by atoms with E-state index in [2.05, 4.69) is 206 Å². The summed E-state index contributed by atoms with van der Waals surface area (Å²) in [6.07, 6.45) is 0. The predicted molar refractivity (Wildman–Crippen MR) is 232 cm³/mol. The molecule has 2 nitrogen and oxygen atoms in total. The van der Waals surface area contributed by atoms with E-state index in [-0.39, 0.29) is 0 Å². The standard InChI is InChI=1S/C53H37NO/c1-36-17-18-41-11-7-13-47(51(41)35-36)42-21-19-38(20-22-42)40-25-31-45(32-26-40)54(44-29-23-39(24-30-44)37-9-3-2-4-10-37)46-33-27-43(28-34-46)48-14-8-15-50-49-12-5-6-16-52(49)55-53(48)50/h2-35H,1H3. The van der Waals surface area contributed by atoms with E-state index in [1.807, 2.05) is 12.1 Å². The first-order valence-corrected chi connectivity index (χ1v) is 18.8. The van der Waals surface area contributed by atoms with Crippen molar-refractivity contribution in [3.63, 3.8) is 0 Å². The Bertz CT molecular complexity index is 2940. The molecule has 2 heteroatoms. The second-order valence-corrected chi connectivity index (χ2v) is 14.2. The largest absolute Gasteiger partial charge is 0.455 e. The minimum Gasteiger partial charge on any atom is -0.455 e. The van der Waals surface area contributed by atoms with Gasteiger partial charge in [0.25, 0.3) is 0 Å². The molecule has 1 aromatic heterocycles. The minimum absolute atomic E-state index is 0.908. The monoisotopic (exact) mass is 703 g/mol. The molecule has 0 radical (unpaired) electrons. The van der Waals surface area contributed by atoms with Crippen molar-refractivity contribution in [1.29, 1.82) is 0 Å². The SMILES string of the molecule is Cc1ccc2cccc(-c3ccc(-c4ccc(N(c5ccc(-c6ccccc6)cc5)c5ccc(-c6cccc7c6oc6ccccc67)cc5)cc4)cc3)c2c1. The first-order chi connectivity index (χ1) is 27.2. The van der Waals surface area contributed by atoms with Crippen molar-refractivity contribution in [2.45, 2.75) is 6.92 Å². The molecular formula is C53H37NO. The van der Waals surface area contributed by atoms with E-state index < -0.39 is 0 Å². The molecule has 0 aliphatic rings. The fourth-order valence-electron chi connectivity index (χ4n) is 7.93. The number of hydrogen-bond acceptors (Lipinski definition) is 2. The van der Waals surface area contributed by atoms with Crippen molar-refractivity contribution in [1.82, 2.24) is 0 Å². The molecule has 0 amide bonds. The summed E-state index contributed by atoms with van der Waals surface area (Å²) in [5.74, 6) is 0. The Balaban J connectivity index is 0.996. The third-order valence-corrected chi connectivity index (χ3v) is 10.8. The number of furan rings is 1. The average molecular weight is 704 g/mol. The first kappa shape index (κ1) is 32.5. The number of fused-ring (bicyclic) bond motifs is 4. The highest BCUT2D eigenvalue weighted by atomic mass is 16.3. The number of hydrogen-bond donors (Lipinski definition) is 0. The Hall–Kier alpha value is -7.16. The fraction of sp³-hybridized carbons (Fsp3) is 0.0189. The van der Waals surface area contributed by atoms with E-state index in [9.17, 15) is 0 Å². The maximum atomic E-state index is 6.39. The Morgan fingerprint density at radius 1 is 0.345 bits per heavy atom. The lowest BCUT2D eigenvalue weighted by Gasteiger charge is -2.26. The lowest BCUT2D eigenvalue weighted by atomic mass is 9.95. The summed E-state index contributed by atoms with van der Waals surface area (Å²) in [6.45, 7) is 2.16. The van der Waals surface area contributed by atoms with Gasteiger partial charge < -0.3 is 9.32 Å². The van der Waals surface area contributed by atoms with Gasteiger partial charge in [0.15, 0.2) is 0 Å². The molecule has 0 spiro atoms. The second kappa shape index (κ2) is 13.7. The van der Waals surface area contributed by atoms with Gasteiger partial charge in [-0.2, -0.15) is 0 Å². The zero-order chi connectivity index (χ0) is 36.7. The van der Waals surface area contributed by atoms with Gasteiger partial charge in [0, 0.05) is 33.4 Å². The van der Waals surface area contributed by atoms with E-state index in [1.54, 1.807) is 0 Å². The smallest absolute Gasteiger partial charge is 0.143 e. The lowest BCUT2D eigenvalue weighted by Crippen LogP contribution is -2.09. The maximum Gasteiger partial charge on any atom is 0.143 e. The van der Waals surface area contributed by atoms with Crippen molar-refractivity contribution >= 4 is 49.8 Å². The van der Waals surface area contributed by atoms with Crippen LogP contribution in [0.15, 0.2) is 211 Å². The molecule has 260 valence electrons. The van der Waals surface area contributed by atoms with Crippen LogP contribution < -0.4 is 4.90 Å². The number of para-hydroxylation sites is 2. The van der Waals surface area contributed by atoms with Crippen molar-refractivity contribution < 1.29 is 4.42 Å². The van der Waals surface area contributed by atoms with Crippen LogP contribution in [0.25, 0.3) is 77.2 Å². The van der Waals surface area contributed by atoms with Gasteiger partial charge in [-0.25, -0.2) is 0 Å². The molecule has 10 aromatic rings. The van der Waals surface area contributed by atoms with Gasteiger partial charge in [0.05, 0.1) is 0 Å². The molecule has 0 aliphatic carbocycles. The van der Waals surface area contributed by atoms with Crippen molar-refractivity contribution in [2.24, 2.45) is 0 Å². The minimum atomic E-state index is 0.908. The van der Waals surface area contributed by atoms with Crippen molar-refractivity contribution in [2.75, 3.05) is 4.90 Å². The number of rotatable bonds is 7. The summed E-state index contributed by atoms with van der Waals surface area (Å²) in [7, 11) is 0. The molecule has 55 heavy (non-hydrogen) atoms. The Labute approximate surface area is 321 Å². The summed E-state index contributed by atoms with van der Waals surface area (Å²) < 4.78 is 6.39. The normalized spacial score (nSPS) is 11.4. The average Bonchev–Trinajstić information content (AvgIpc) is 3.64. The van der Waals surface area contributed by atoms with Crippen LogP contribution in [-0.4, -0.2) is 0 Å². The van der Waals surface area contributed by atoms with E-state index in [4.69, 9.17) is 4.42 Å². The van der Waals surface area contributed by atoms with Crippen LogP contribution in [0.2, 0.25) is 0 Å². The Morgan fingerprint density at radius 2 is 0.836 bits per heavy atom. The molecule has 0 atom stereocenters. The number of benzene rings is 9. The third kappa shape index (κ3) is 6.04. The van der Waals surface area contributed by atoms with Gasteiger partial charge in [-0.3, -0.25) is 0 Å². The van der Waals surface area contributed by atoms with Gasteiger partial charge in [-0.05, 0) is 99.1 Å². The Morgan fingerprint density at radius 3 is 1.51 bits per heavy atom. The van der Waals surface area contributed by atoms with Crippen LogP contribution in [0, 0.1) is 6.92 Å². The highest BCUT2D eigenvalue weighted by Crippen LogP contribution is 2.40. The molecule has 10 rings (SSSR count). The summed E-state index contributed by atoms with van der Waals surface area (Å²) in [6, 6.07) is 74.0. The highest BCUT2D eigenvalue weighted by molar-refractivity contribution is 6.09. The number of aryl methyl sites for hydroxylation is 1. The number of anilines is 3. The van der Waals surface area contributed by atoms with Gasteiger partial charge >= 0.3 is 0 Å². The zero-order valence-corrected chi connectivity index (χ0v) is 30.5.